The highest BCUT2D eigenvalue weighted by molar-refractivity contribution is 5.82. The van der Waals surface area contributed by atoms with Crippen LogP contribution in [0.4, 0.5) is 0 Å². The van der Waals surface area contributed by atoms with Crippen molar-refractivity contribution in [3.8, 4) is 0 Å². The van der Waals surface area contributed by atoms with Gasteiger partial charge in [-0.1, -0.05) is 0 Å². The zero-order valence-electron chi connectivity index (χ0n) is 7.71. The number of Topliss-reactive ketones (excluding diaryl/α,β-unsaturated/α-hetero) is 1. The molecule has 1 fully saturated rings. The highest BCUT2D eigenvalue weighted by Crippen LogP contribution is 2.18. The molecule has 1 aliphatic rings. The van der Waals surface area contributed by atoms with Crippen LogP contribution in [0.25, 0.3) is 0 Å². The van der Waals surface area contributed by atoms with Crippen molar-refractivity contribution in [1.82, 2.24) is 0 Å². The van der Waals surface area contributed by atoms with Gasteiger partial charge in [0.25, 0.3) is 0 Å². The van der Waals surface area contributed by atoms with Crippen molar-refractivity contribution in [3.05, 3.63) is 0 Å². The van der Waals surface area contributed by atoms with E-state index in [2.05, 4.69) is 4.74 Å². The summed E-state index contributed by atoms with van der Waals surface area (Å²) in [4.78, 5) is 20.8. The van der Waals surface area contributed by atoms with Crippen LogP contribution in [0.3, 0.4) is 0 Å². The van der Waals surface area contributed by atoms with E-state index in [0.29, 0.717) is 12.8 Å². The van der Waals surface area contributed by atoms with Gasteiger partial charge in [-0.05, 0) is 12.8 Å². The topological polar surface area (TPSA) is 43.4 Å². The molecule has 1 atom stereocenters. The number of aldehydes is 1. The van der Waals surface area contributed by atoms with Crippen molar-refractivity contribution in [2.45, 2.75) is 25.7 Å². The van der Waals surface area contributed by atoms with Crippen LogP contribution in [0.2, 0.25) is 0 Å². The molecule has 0 aromatic rings. The first-order valence-corrected chi connectivity index (χ1v) is 4.11. The van der Waals surface area contributed by atoms with Gasteiger partial charge in [0.1, 0.15) is 12.1 Å². The van der Waals surface area contributed by atoms with Gasteiger partial charge in [-0.3, -0.25) is 4.79 Å². The Balaban J connectivity index is 0.000000354. The summed E-state index contributed by atoms with van der Waals surface area (Å²) in [6.45, 7) is 0. The lowest BCUT2D eigenvalue weighted by atomic mass is 9.90. The molecular weight excluding hydrogens is 156 g/mol. The number of carbonyl (C=O) groups is 2. The molecule has 0 heterocycles. The van der Waals surface area contributed by atoms with E-state index in [-0.39, 0.29) is 11.7 Å². The maximum Gasteiger partial charge on any atom is 0.133 e. The molecule has 0 aliphatic heterocycles. The second-order valence-corrected chi connectivity index (χ2v) is 2.94. The lowest BCUT2D eigenvalue weighted by Crippen LogP contribution is -2.15. The van der Waals surface area contributed by atoms with E-state index in [9.17, 15) is 9.59 Å². The van der Waals surface area contributed by atoms with E-state index in [1.165, 1.54) is 0 Å². The molecule has 0 saturated heterocycles. The molecule has 1 aliphatic carbocycles. The van der Waals surface area contributed by atoms with E-state index in [4.69, 9.17) is 0 Å². The first-order valence-electron chi connectivity index (χ1n) is 4.11. The Bertz CT molecular complexity index is 143. The summed E-state index contributed by atoms with van der Waals surface area (Å²) in [6, 6.07) is 0. The number of rotatable bonds is 1. The van der Waals surface area contributed by atoms with Crippen molar-refractivity contribution in [2.24, 2.45) is 5.92 Å². The third-order valence-corrected chi connectivity index (χ3v) is 1.71. The van der Waals surface area contributed by atoms with Gasteiger partial charge in [-0.25, -0.2) is 0 Å². The Morgan fingerprint density at radius 3 is 2.42 bits per heavy atom. The quantitative estimate of drug-likeness (QED) is 0.558. The zero-order chi connectivity index (χ0) is 9.40. The molecule has 3 heteroatoms. The highest BCUT2D eigenvalue weighted by Gasteiger charge is 2.17. The van der Waals surface area contributed by atoms with Crippen LogP contribution < -0.4 is 0 Å². The number of methoxy groups -OCH3 is 1. The summed E-state index contributed by atoms with van der Waals surface area (Å²) < 4.78 is 4.25. The van der Waals surface area contributed by atoms with Gasteiger partial charge in [0.2, 0.25) is 0 Å². The Morgan fingerprint density at radius 2 is 2.08 bits per heavy atom. The molecule has 1 unspecified atom stereocenters. The van der Waals surface area contributed by atoms with Crippen LogP contribution >= 0.6 is 0 Å². The lowest BCUT2D eigenvalue weighted by molar-refractivity contribution is -0.124. The Labute approximate surface area is 73.1 Å². The molecular formula is C9H16O3. The molecule has 0 N–H and O–H groups in total. The summed E-state index contributed by atoms with van der Waals surface area (Å²) >= 11 is 0. The second-order valence-electron chi connectivity index (χ2n) is 2.94. The van der Waals surface area contributed by atoms with Gasteiger partial charge in [0.05, 0.1) is 0 Å². The van der Waals surface area contributed by atoms with Crippen LogP contribution in [-0.2, 0) is 14.3 Å². The minimum absolute atomic E-state index is 0.0336. The van der Waals surface area contributed by atoms with Crippen LogP contribution in [-0.4, -0.2) is 26.3 Å². The third kappa shape index (κ3) is 5.02. The van der Waals surface area contributed by atoms with Gasteiger partial charge in [-0.2, -0.15) is 0 Å². The Kier molecular flexibility index (Phi) is 6.57. The normalized spacial score (nSPS) is 22.5. The molecule has 1 rings (SSSR count). The fourth-order valence-corrected chi connectivity index (χ4v) is 1.17. The van der Waals surface area contributed by atoms with Crippen molar-refractivity contribution in [3.63, 3.8) is 0 Å². The molecule has 0 spiro atoms. The molecule has 0 radical (unpaired) electrons. The Morgan fingerprint density at radius 1 is 1.50 bits per heavy atom. The molecule has 0 amide bonds. The first kappa shape index (κ1) is 11.3. The summed E-state index contributed by atoms with van der Waals surface area (Å²) in [5.41, 5.74) is 0. The monoisotopic (exact) mass is 172 g/mol. The predicted molar refractivity (Wildman–Crippen MR) is 46.0 cm³/mol. The van der Waals surface area contributed by atoms with Gasteiger partial charge >= 0.3 is 0 Å². The van der Waals surface area contributed by atoms with Crippen molar-refractivity contribution in [1.29, 1.82) is 0 Å². The Hall–Kier alpha value is -0.700. The standard InChI is InChI=1S/C7H10O2.C2H6O/c8-5-6-2-1-3-7(9)4-6;1-3-2/h5-6H,1-4H2;1-2H3. The minimum Gasteiger partial charge on any atom is -0.388 e. The largest absolute Gasteiger partial charge is 0.388 e. The first-order chi connectivity index (χ1) is 5.74. The smallest absolute Gasteiger partial charge is 0.133 e. The van der Waals surface area contributed by atoms with Crippen LogP contribution in [0.5, 0.6) is 0 Å². The van der Waals surface area contributed by atoms with E-state index in [0.717, 1.165) is 19.1 Å². The second kappa shape index (κ2) is 6.98. The maximum atomic E-state index is 10.7. The molecule has 0 aromatic carbocycles. The number of ether oxygens (including phenoxy) is 1. The predicted octanol–water partition coefficient (Wildman–Crippen LogP) is 1.21. The summed E-state index contributed by atoms with van der Waals surface area (Å²) in [7, 11) is 3.25. The number of hydrogen-bond acceptors (Lipinski definition) is 3. The van der Waals surface area contributed by atoms with E-state index < -0.39 is 0 Å². The van der Waals surface area contributed by atoms with Crippen LogP contribution in [0.1, 0.15) is 25.7 Å². The highest BCUT2D eigenvalue weighted by atomic mass is 16.4. The summed E-state index contributed by atoms with van der Waals surface area (Å²) in [5, 5.41) is 0. The fraction of sp³-hybridized carbons (Fsp3) is 0.778. The average Bonchev–Trinajstić information content (AvgIpc) is 2.06. The number of carbonyl (C=O) groups excluding carboxylic acids is 2. The van der Waals surface area contributed by atoms with E-state index in [1.54, 1.807) is 14.2 Å². The molecule has 70 valence electrons. The van der Waals surface area contributed by atoms with Gasteiger partial charge in [0, 0.05) is 33.0 Å². The third-order valence-electron chi connectivity index (χ3n) is 1.71. The van der Waals surface area contributed by atoms with Crippen molar-refractivity contribution < 1.29 is 14.3 Å². The van der Waals surface area contributed by atoms with Crippen LogP contribution in [0, 0.1) is 5.92 Å². The molecule has 12 heavy (non-hydrogen) atoms. The van der Waals surface area contributed by atoms with Crippen molar-refractivity contribution in [2.75, 3.05) is 14.2 Å². The van der Waals surface area contributed by atoms with Crippen molar-refractivity contribution >= 4 is 12.1 Å². The van der Waals surface area contributed by atoms with Gasteiger partial charge in [-0.15, -0.1) is 0 Å². The fourth-order valence-electron chi connectivity index (χ4n) is 1.17. The minimum atomic E-state index is 0.0336. The number of ketones is 1. The van der Waals surface area contributed by atoms with Crippen LogP contribution in [0.15, 0.2) is 0 Å². The average molecular weight is 172 g/mol. The summed E-state index contributed by atoms with van der Waals surface area (Å²) in [5.74, 6) is 0.282. The van der Waals surface area contributed by atoms with E-state index in [1.807, 2.05) is 0 Å². The SMILES string of the molecule is COC.O=CC1CCCC(=O)C1. The maximum absolute atomic E-state index is 10.7. The van der Waals surface area contributed by atoms with Gasteiger partial charge in [0.15, 0.2) is 0 Å². The molecule has 0 aromatic heterocycles. The molecule has 3 nitrogen and oxygen atoms in total. The molecule has 1 saturated carbocycles. The molecule has 0 bridgehead atoms. The summed E-state index contributed by atoms with van der Waals surface area (Å²) in [6.07, 6.45) is 3.89. The number of hydrogen-bond donors (Lipinski definition) is 0. The van der Waals surface area contributed by atoms with E-state index >= 15 is 0 Å². The van der Waals surface area contributed by atoms with Gasteiger partial charge < -0.3 is 9.53 Å². The zero-order valence-corrected chi connectivity index (χ0v) is 7.71. The lowest BCUT2D eigenvalue weighted by Gasteiger charge is -2.13.